The van der Waals surface area contributed by atoms with E-state index in [4.69, 9.17) is 4.74 Å². The van der Waals surface area contributed by atoms with E-state index in [2.05, 4.69) is 50.3 Å². The first-order valence-electron chi connectivity index (χ1n) is 6.08. The van der Waals surface area contributed by atoms with E-state index in [0.717, 1.165) is 12.3 Å². The van der Waals surface area contributed by atoms with E-state index < -0.39 is 0 Å². The smallest absolute Gasteiger partial charge is 0.119 e. The van der Waals surface area contributed by atoms with Gasteiger partial charge in [0.25, 0.3) is 0 Å². The molecule has 0 heterocycles. The molecule has 2 unspecified atom stereocenters. The van der Waals surface area contributed by atoms with Crippen molar-refractivity contribution in [3.8, 4) is 5.75 Å². The third-order valence-electron chi connectivity index (χ3n) is 3.19. The second-order valence-electron chi connectivity index (χ2n) is 4.72. The number of nitrogens with one attached hydrogen (secondary N) is 1. The second kappa shape index (κ2) is 6.62. The van der Waals surface area contributed by atoms with Gasteiger partial charge in [-0.05, 0) is 45.6 Å². The highest BCUT2D eigenvalue weighted by atomic mass is 16.5. The van der Waals surface area contributed by atoms with Crippen LogP contribution in [-0.2, 0) is 0 Å². The summed E-state index contributed by atoms with van der Waals surface area (Å²) in [6.07, 6.45) is 0. The molecular weight excluding hydrogens is 212 g/mol. The third-order valence-corrected chi connectivity index (χ3v) is 3.19. The van der Waals surface area contributed by atoms with Crippen LogP contribution in [-0.4, -0.2) is 38.7 Å². The van der Waals surface area contributed by atoms with Gasteiger partial charge in [0.05, 0.1) is 7.11 Å². The van der Waals surface area contributed by atoms with Gasteiger partial charge in [0.1, 0.15) is 5.75 Å². The summed E-state index contributed by atoms with van der Waals surface area (Å²) in [6, 6.07) is 9.08. The Kier molecular flexibility index (Phi) is 5.45. The van der Waals surface area contributed by atoms with Crippen molar-refractivity contribution >= 4 is 0 Å². The molecule has 1 aromatic rings. The number of benzene rings is 1. The van der Waals surface area contributed by atoms with Crippen LogP contribution in [0.5, 0.6) is 5.75 Å². The molecule has 1 rings (SSSR count). The molecule has 1 aromatic carbocycles. The van der Waals surface area contributed by atoms with Crippen LogP contribution in [0.1, 0.15) is 25.5 Å². The maximum absolute atomic E-state index is 5.23. The van der Waals surface area contributed by atoms with Crippen molar-refractivity contribution in [2.45, 2.75) is 25.9 Å². The van der Waals surface area contributed by atoms with Crippen molar-refractivity contribution in [2.24, 2.45) is 0 Å². The average molecular weight is 236 g/mol. The fourth-order valence-electron chi connectivity index (χ4n) is 1.56. The summed E-state index contributed by atoms with van der Waals surface area (Å²) < 4.78 is 5.23. The number of likely N-dealkylation sites (N-methyl/N-ethyl adjacent to an activating group) is 1. The first-order valence-corrected chi connectivity index (χ1v) is 6.08. The minimum Gasteiger partial charge on any atom is -0.497 e. The second-order valence-corrected chi connectivity index (χ2v) is 4.72. The number of hydrogen-bond acceptors (Lipinski definition) is 3. The van der Waals surface area contributed by atoms with Crippen LogP contribution in [0.2, 0.25) is 0 Å². The van der Waals surface area contributed by atoms with Gasteiger partial charge in [-0.1, -0.05) is 12.1 Å². The van der Waals surface area contributed by atoms with Gasteiger partial charge in [-0.2, -0.15) is 0 Å². The van der Waals surface area contributed by atoms with Gasteiger partial charge in [0.2, 0.25) is 0 Å². The molecule has 1 N–H and O–H groups in total. The molecule has 17 heavy (non-hydrogen) atoms. The lowest BCUT2D eigenvalue weighted by Gasteiger charge is -2.23. The van der Waals surface area contributed by atoms with Gasteiger partial charge in [-0.15, -0.1) is 0 Å². The number of rotatable bonds is 6. The third kappa shape index (κ3) is 4.36. The molecule has 96 valence electrons. The monoisotopic (exact) mass is 236 g/mol. The van der Waals surface area contributed by atoms with Crippen LogP contribution in [0, 0.1) is 0 Å². The highest BCUT2D eigenvalue weighted by Gasteiger charge is 2.09. The zero-order valence-electron chi connectivity index (χ0n) is 11.5. The Morgan fingerprint density at radius 2 is 2.00 bits per heavy atom. The lowest BCUT2D eigenvalue weighted by atomic mass is 10.1. The highest BCUT2D eigenvalue weighted by Crippen LogP contribution is 2.18. The molecule has 0 aliphatic carbocycles. The standard InChI is InChI=1S/C14H24N2O/c1-11(16(3)4)10-15-12(2)13-7-6-8-14(9-13)17-5/h6-9,11-12,15H,10H2,1-5H3. The Balaban J connectivity index is 2.54. The van der Waals surface area contributed by atoms with Crippen molar-refractivity contribution in [3.63, 3.8) is 0 Å². The van der Waals surface area contributed by atoms with Gasteiger partial charge in [-0.3, -0.25) is 0 Å². The van der Waals surface area contributed by atoms with Crippen molar-refractivity contribution in [2.75, 3.05) is 27.7 Å². The van der Waals surface area contributed by atoms with Gasteiger partial charge in [0.15, 0.2) is 0 Å². The van der Waals surface area contributed by atoms with Crippen molar-refractivity contribution in [3.05, 3.63) is 29.8 Å². The molecule has 0 saturated heterocycles. The summed E-state index contributed by atoms with van der Waals surface area (Å²) >= 11 is 0. The molecule has 0 bridgehead atoms. The molecule has 0 amide bonds. The minimum atomic E-state index is 0.340. The number of nitrogens with zero attached hydrogens (tertiary/aromatic N) is 1. The van der Waals surface area contributed by atoms with E-state index in [1.54, 1.807) is 7.11 Å². The summed E-state index contributed by atoms with van der Waals surface area (Å²) in [5, 5.41) is 3.53. The van der Waals surface area contributed by atoms with Gasteiger partial charge in [-0.25, -0.2) is 0 Å². The van der Waals surface area contributed by atoms with Crippen LogP contribution in [0.25, 0.3) is 0 Å². The Labute approximate surface area is 105 Å². The summed E-state index contributed by atoms with van der Waals surface area (Å²) in [4.78, 5) is 2.21. The van der Waals surface area contributed by atoms with E-state index in [-0.39, 0.29) is 0 Å². The van der Waals surface area contributed by atoms with E-state index >= 15 is 0 Å². The van der Waals surface area contributed by atoms with Crippen LogP contribution >= 0.6 is 0 Å². The summed E-state index contributed by atoms with van der Waals surface area (Å²) in [7, 11) is 5.90. The zero-order valence-corrected chi connectivity index (χ0v) is 11.5. The molecule has 0 aromatic heterocycles. The number of ether oxygens (including phenoxy) is 1. The van der Waals surface area contributed by atoms with Crippen molar-refractivity contribution in [1.82, 2.24) is 10.2 Å². The molecule has 0 radical (unpaired) electrons. The fraction of sp³-hybridized carbons (Fsp3) is 0.571. The van der Waals surface area contributed by atoms with E-state index in [1.807, 2.05) is 12.1 Å². The van der Waals surface area contributed by atoms with Crippen LogP contribution < -0.4 is 10.1 Å². The van der Waals surface area contributed by atoms with E-state index in [1.165, 1.54) is 5.56 Å². The molecule has 0 spiro atoms. The Morgan fingerprint density at radius 3 is 2.59 bits per heavy atom. The molecule has 0 aliphatic heterocycles. The fourth-order valence-corrected chi connectivity index (χ4v) is 1.56. The SMILES string of the molecule is COc1cccc(C(C)NCC(C)N(C)C)c1. The van der Waals surface area contributed by atoms with Gasteiger partial charge >= 0.3 is 0 Å². The normalized spacial score (nSPS) is 14.7. The van der Waals surface area contributed by atoms with Crippen LogP contribution in [0.4, 0.5) is 0 Å². The molecule has 3 nitrogen and oxygen atoms in total. The summed E-state index contributed by atoms with van der Waals surface area (Å²) in [5.74, 6) is 0.914. The summed E-state index contributed by atoms with van der Waals surface area (Å²) in [5.41, 5.74) is 1.26. The summed E-state index contributed by atoms with van der Waals surface area (Å²) in [6.45, 7) is 5.37. The molecule has 0 saturated carbocycles. The van der Waals surface area contributed by atoms with E-state index in [0.29, 0.717) is 12.1 Å². The number of hydrogen-bond donors (Lipinski definition) is 1. The zero-order chi connectivity index (χ0) is 12.8. The largest absolute Gasteiger partial charge is 0.497 e. The van der Waals surface area contributed by atoms with Gasteiger partial charge in [0, 0.05) is 18.6 Å². The predicted octanol–water partition coefficient (Wildman–Crippen LogP) is 2.30. The molecule has 3 heteroatoms. The molecule has 0 fully saturated rings. The maximum atomic E-state index is 5.23. The average Bonchev–Trinajstić information content (AvgIpc) is 2.35. The Bertz CT molecular complexity index is 339. The van der Waals surface area contributed by atoms with Crippen molar-refractivity contribution in [1.29, 1.82) is 0 Å². The quantitative estimate of drug-likeness (QED) is 0.820. The first-order chi connectivity index (χ1) is 8.04. The van der Waals surface area contributed by atoms with Gasteiger partial charge < -0.3 is 15.0 Å². The predicted molar refractivity (Wildman–Crippen MR) is 72.6 cm³/mol. The Morgan fingerprint density at radius 1 is 1.29 bits per heavy atom. The lowest BCUT2D eigenvalue weighted by molar-refractivity contribution is 0.295. The Hall–Kier alpha value is -1.06. The highest BCUT2D eigenvalue weighted by molar-refractivity contribution is 5.30. The molecule has 2 atom stereocenters. The van der Waals surface area contributed by atoms with E-state index in [9.17, 15) is 0 Å². The maximum Gasteiger partial charge on any atom is 0.119 e. The van der Waals surface area contributed by atoms with Crippen LogP contribution in [0.15, 0.2) is 24.3 Å². The lowest BCUT2D eigenvalue weighted by Crippen LogP contribution is -2.36. The number of methoxy groups -OCH3 is 1. The van der Waals surface area contributed by atoms with Crippen molar-refractivity contribution < 1.29 is 4.74 Å². The van der Waals surface area contributed by atoms with Crippen LogP contribution in [0.3, 0.4) is 0 Å². The molecule has 0 aliphatic rings. The minimum absolute atomic E-state index is 0.340. The topological polar surface area (TPSA) is 24.5 Å². The molecular formula is C14H24N2O. The first kappa shape index (κ1) is 14.0.